The largest absolute Gasteiger partial charge is 0.490 e. The molecule has 0 bridgehead atoms. The van der Waals surface area contributed by atoms with E-state index in [0.717, 1.165) is 49.4 Å². The lowest BCUT2D eigenvalue weighted by Crippen LogP contribution is -2.43. The van der Waals surface area contributed by atoms with Crippen molar-refractivity contribution in [3.8, 4) is 6.07 Å². The molecule has 230 valence electrons. The summed E-state index contributed by atoms with van der Waals surface area (Å²) in [5, 5.41) is 31.9. The number of hydrogen-bond acceptors (Lipinski definition) is 8. The zero-order chi connectivity index (χ0) is 31.2. The van der Waals surface area contributed by atoms with Crippen molar-refractivity contribution in [2.45, 2.75) is 62.7 Å². The van der Waals surface area contributed by atoms with E-state index in [1.54, 1.807) is 28.9 Å². The van der Waals surface area contributed by atoms with Gasteiger partial charge in [-0.15, -0.1) is 16.7 Å². The van der Waals surface area contributed by atoms with E-state index in [1.807, 2.05) is 0 Å². The van der Waals surface area contributed by atoms with E-state index in [2.05, 4.69) is 21.6 Å². The summed E-state index contributed by atoms with van der Waals surface area (Å²) in [4.78, 5) is 31.2. The van der Waals surface area contributed by atoms with Gasteiger partial charge in [0.05, 0.1) is 23.9 Å². The van der Waals surface area contributed by atoms with Crippen LogP contribution in [0.25, 0.3) is 0 Å². The van der Waals surface area contributed by atoms with Crippen LogP contribution in [0.2, 0.25) is 0 Å². The maximum atomic E-state index is 13.0. The minimum absolute atomic E-state index is 0.0464. The van der Waals surface area contributed by atoms with Gasteiger partial charge in [0.15, 0.2) is 0 Å². The third-order valence-electron chi connectivity index (χ3n) is 5.96. The van der Waals surface area contributed by atoms with Gasteiger partial charge in [0.25, 0.3) is 0 Å². The SMILES string of the molecule is N#CC1CSCN1CCN(N=O)C1CCC(NCc2ccc(F)cc2)CC1.O=C(O)C(F)(F)F.O=C(O)C(F)(F)F. The van der Waals surface area contributed by atoms with Crippen LogP contribution in [-0.2, 0) is 16.1 Å². The lowest BCUT2D eigenvalue weighted by atomic mass is 9.90. The van der Waals surface area contributed by atoms with Crippen molar-refractivity contribution in [3.63, 3.8) is 0 Å². The number of rotatable bonds is 8. The summed E-state index contributed by atoms with van der Waals surface area (Å²) in [5.41, 5.74) is 1.07. The molecule has 1 unspecified atom stereocenters. The molecule has 0 spiro atoms. The number of nitrogens with zero attached hydrogens (tertiary/aromatic N) is 4. The van der Waals surface area contributed by atoms with Crippen molar-refractivity contribution in [1.29, 1.82) is 5.26 Å². The predicted octanol–water partition coefficient (Wildman–Crippen LogP) is 4.37. The molecule has 1 aliphatic heterocycles. The molecule has 0 aromatic heterocycles. The highest BCUT2D eigenvalue weighted by Crippen LogP contribution is 2.25. The fraction of sp³-hybridized carbons (Fsp3) is 0.609. The van der Waals surface area contributed by atoms with Crippen molar-refractivity contribution in [3.05, 3.63) is 40.6 Å². The first-order chi connectivity index (χ1) is 19.1. The van der Waals surface area contributed by atoms with Gasteiger partial charge < -0.3 is 15.5 Å². The zero-order valence-corrected chi connectivity index (χ0v) is 22.2. The maximum absolute atomic E-state index is 13.0. The number of aliphatic carboxylic acids is 2. The smallest absolute Gasteiger partial charge is 0.475 e. The molecule has 41 heavy (non-hydrogen) atoms. The summed E-state index contributed by atoms with van der Waals surface area (Å²) >= 11 is 1.76. The second-order valence-corrected chi connectivity index (χ2v) is 9.82. The lowest BCUT2D eigenvalue weighted by molar-refractivity contribution is -0.193. The summed E-state index contributed by atoms with van der Waals surface area (Å²) < 4.78 is 76.4. The van der Waals surface area contributed by atoms with Crippen LogP contribution in [0.3, 0.4) is 0 Å². The number of thioether (sulfide) groups is 1. The Hall–Kier alpha value is -3.17. The highest BCUT2D eigenvalue weighted by Gasteiger charge is 2.39. The minimum atomic E-state index is -5.08. The second kappa shape index (κ2) is 16.9. The zero-order valence-electron chi connectivity index (χ0n) is 21.4. The number of nitrogens with one attached hydrogen (secondary N) is 1. The summed E-state index contributed by atoms with van der Waals surface area (Å²) in [6.07, 6.45) is -6.30. The summed E-state index contributed by atoms with van der Waals surface area (Å²) in [5.74, 6) is -4.03. The van der Waals surface area contributed by atoms with Crippen molar-refractivity contribution in [1.82, 2.24) is 15.2 Å². The summed E-state index contributed by atoms with van der Waals surface area (Å²) in [6.45, 7) is 2.02. The number of nitroso groups, excluding NO2 is 1. The van der Waals surface area contributed by atoms with E-state index >= 15 is 0 Å². The standard InChI is InChI=1S/C19H26FN5OS.2C2HF3O2/c20-16-3-1-15(2-4-16)12-22-17-5-7-18(8-6-17)25(23-26)10-9-24-14-27-13-19(24)11-21;2*3-2(4,5)1(6)7/h1-4,17-19,22H,5-10,12-14H2;2*(H,6,7). The Kier molecular flexibility index (Phi) is 14.8. The summed E-state index contributed by atoms with van der Waals surface area (Å²) in [7, 11) is 0. The van der Waals surface area contributed by atoms with Crippen LogP contribution in [0.4, 0.5) is 30.7 Å². The fourth-order valence-electron chi connectivity index (χ4n) is 3.78. The maximum Gasteiger partial charge on any atom is 0.490 e. The first kappa shape index (κ1) is 35.9. The van der Waals surface area contributed by atoms with E-state index in [9.17, 15) is 35.6 Å². The molecule has 1 aromatic carbocycles. The van der Waals surface area contributed by atoms with E-state index in [-0.39, 0.29) is 17.9 Å². The van der Waals surface area contributed by atoms with Crippen molar-refractivity contribution >= 4 is 23.7 Å². The normalized spacial score (nSPS) is 20.9. The van der Waals surface area contributed by atoms with Crippen molar-refractivity contribution in [2.24, 2.45) is 5.29 Å². The molecule has 0 amide bonds. The number of halogens is 7. The molecule has 1 aliphatic carbocycles. The number of benzene rings is 1. The number of alkyl halides is 6. The average molecular weight is 620 g/mol. The van der Waals surface area contributed by atoms with E-state index in [4.69, 9.17) is 25.1 Å². The molecule has 1 aromatic rings. The molecule has 3 rings (SSSR count). The molecule has 2 fully saturated rings. The Balaban J connectivity index is 0.000000497. The van der Waals surface area contributed by atoms with Crippen LogP contribution in [-0.4, -0.2) is 87.3 Å². The van der Waals surface area contributed by atoms with Gasteiger partial charge >= 0.3 is 24.3 Å². The third-order valence-corrected chi connectivity index (χ3v) is 7.02. The molecule has 1 heterocycles. The minimum Gasteiger partial charge on any atom is -0.475 e. The molecule has 18 heteroatoms. The Bertz CT molecular complexity index is 992. The first-order valence-corrected chi connectivity index (χ1v) is 13.1. The van der Waals surface area contributed by atoms with Gasteiger partial charge in [0.1, 0.15) is 11.9 Å². The quantitative estimate of drug-likeness (QED) is 0.218. The van der Waals surface area contributed by atoms with Crippen LogP contribution in [0, 0.1) is 22.1 Å². The number of carboxylic acid groups (broad SMARTS) is 2. The van der Waals surface area contributed by atoms with Crippen LogP contribution >= 0.6 is 11.8 Å². The van der Waals surface area contributed by atoms with E-state index in [1.165, 1.54) is 12.1 Å². The van der Waals surface area contributed by atoms with Gasteiger partial charge in [0.2, 0.25) is 0 Å². The number of hydrogen-bond donors (Lipinski definition) is 3. The number of carboxylic acids is 2. The number of nitriles is 1. The molecule has 1 saturated heterocycles. The molecule has 0 radical (unpaired) electrons. The fourth-order valence-corrected chi connectivity index (χ4v) is 4.94. The average Bonchev–Trinajstić information content (AvgIpc) is 3.36. The Labute approximate surface area is 234 Å². The molecule has 10 nitrogen and oxygen atoms in total. The van der Waals surface area contributed by atoms with Gasteiger partial charge in [-0.25, -0.2) is 14.0 Å². The molecular weight excluding hydrogens is 591 g/mol. The second-order valence-electron chi connectivity index (χ2n) is 8.82. The molecular formula is C23H28F7N5O5S. The van der Waals surface area contributed by atoms with E-state index < -0.39 is 24.3 Å². The third kappa shape index (κ3) is 13.8. The van der Waals surface area contributed by atoms with Gasteiger partial charge in [-0.1, -0.05) is 12.1 Å². The van der Waals surface area contributed by atoms with Gasteiger partial charge in [0, 0.05) is 30.8 Å². The Morgan fingerprint density at radius 2 is 1.56 bits per heavy atom. The number of carbonyl (C=O) groups is 2. The van der Waals surface area contributed by atoms with Crippen LogP contribution in [0.5, 0.6) is 0 Å². The lowest BCUT2D eigenvalue weighted by Gasteiger charge is -2.34. The first-order valence-electron chi connectivity index (χ1n) is 12.0. The highest BCUT2D eigenvalue weighted by molar-refractivity contribution is 7.99. The van der Waals surface area contributed by atoms with Crippen LogP contribution < -0.4 is 5.32 Å². The van der Waals surface area contributed by atoms with Crippen molar-refractivity contribution < 1.29 is 50.5 Å². The Morgan fingerprint density at radius 1 is 1.05 bits per heavy atom. The molecule has 1 atom stereocenters. The van der Waals surface area contributed by atoms with Gasteiger partial charge in [-0.2, -0.15) is 31.6 Å². The molecule has 1 saturated carbocycles. The van der Waals surface area contributed by atoms with E-state index in [0.29, 0.717) is 19.1 Å². The van der Waals surface area contributed by atoms with Crippen molar-refractivity contribution in [2.75, 3.05) is 24.7 Å². The topological polar surface area (TPSA) is 146 Å². The molecule has 2 aliphatic rings. The predicted molar refractivity (Wildman–Crippen MR) is 133 cm³/mol. The van der Waals surface area contributed by atoms with Gasteiger partial charge in [-0.05, 0) is 43.4 Å². The monoisotopic (exact) mass is 619 g/mol. The van der Waals surface area contributed by atoms with Crippen LogP contribution in [0.1, 0.15) is 31.2 Å². The van der Waals surface area contributed by atoms with Gasteiger partial charge in [-0.3, -0.25) is 9.91 Å². The summed E-state index contributed by atoms with van der Waals surface area (Å²) in [6, 6.07) is 9.44. The highest BCUT2D eigenvalue weighted by atomic mass is 32.2. The molecule has 3 N–H and O–H groups in total. The Morgan fingerprint density at radius 3 is 2.00 bits per heavy atom. The van der Waals surface area contributed by atoms with Crippen LogP contribution in [0.15, 0.2) is 29.6 Å².